The number of anilines is 2. The standard InChI is InChI=1S/C30H40N4O4/c1-5-34(6-2)17-21-38-29-14-13-27-22-26(29)23-37-19-8-7-18-36-20-9-10-25(12-11-24(3)35-4)28-15-16-31-30(32-27)33-28/h7-8,10-16,22H,3,5-6,9,17-21,23H2,1-2,4H3,(H,31,32,33)/b8-7+,12-11-,25-10?. The van der Waals surface area contributed by atoms with Gasteiger partial charge < -0.3 is 29.2 Å². The molecule has 0 spiro atoms. The Balaban J connectivity index is 1.86. The molecule has 0 saturated heterocycles. The molecule has 0 amide bonds. The first-order chi connectivity index (χ1) is 18.6. The lowest BCUT2D eigenvalue weighted by Crippen LogP contribution is -2.28. The van der Waals surface area contributed by atoms with Gasteiger partial charge in [0.1, 0.15) is 18.1 Å². The van der Waals surface area contributed by atoms with Gasteiger partial charge in [0.05, 0.1) is 39.2 Å². The quantitative estimate of drug-likeness (QED) is 0.263. The summed E-state index contributed by atoms with van der Waals surface area (Å²) in [6.45, 7) is 13.7. The van der Waals surface area contributed by atoms with Crippen LogP contribution in [0, 0.1) is 0 Å². The number of benzene rings is 1. The second kappa shape index (κ2) is 16.4. The summed E-state index contributed by atoms with van der Waals surface area (Å²) in [4.78, 5) is 11.5. The third-order valence-corrected chi connectivity index (χ3v) is 6.02. The van der Waals surface area contributed by atoms with E-state index in [1.54, 1.807) is 13.3 Å². The van der Waals surface area contributed by atoms with Crippen molar-refractivity contribution < 1.29 is 18.9 Å². The maximum absolute atomic E-state index is 6.15. The molecule has 4 bridgehead atoms. The van der Waals surface area contributed by atoms with Crippen LogP contribution >= 0.6 is 0 Å². The number of allylic oxidation sites excluding steroid dienone is 3. The topological polar surface area (TPSA) is 78.0 Å². The average molecular weight is 521 g/mol. The minimum Gasteiger partial charge on any atom is -0.497 e. The lowest BCUT2D eigenvalue weighted by atomic mass is 10.1. The predicted octanol–water partition coefficient (Wildman–Crippen LogP) is 5.53. The molecule has 0 unspecified atom stereocenters. The zero-order chi connectivity index (χ0) is 27.0. The van der Waals surface area contributed by atoms with Crippen molar-refractivity contribution in [1.82, 2.24) is 14.9 Å². The van der Waals surface area contributed by atoms with Crippen LogP contribution in [0.25, 0.3) is 5.57 Å². The van der Waals surface area contributed by atoms with E-state index in [0.717, 1.165) is 54.3 Å². The summed E-state index contributed by atoms with van der Waals surface area (Å²) in [7, 11) is 1.60. The summed E-state index contributed by atoms with van der Waals surface area (Å²) in [6.07, 6.45) is 12.3. The van der Waals surface area contributed by atoms with Gasteiger partial charge in [0.2, 0.25) is 5.95 Å². The fourth-order valence-electron chi connectivity index (χ4n) is 3.78. The van der Waals surface area contributed by atoms with Crippen molar-refractivity contribution in [3.63, 3.8) is 0 Å². The number of nitrogens with zero attached hydrogens (tertiary/aromatic N) is 3. The minimum absolute atomic E-state index is 0.420. The predicted molar refractivity (Wildman–Crippen MR) is 153 cm³/mol. The molecule has 1 aliphatic heterocycles. The first-order valence-electron chi connectivity index (χ1n) is 13.1. The Morgan fingerprint density at radius 3 is 2.76 bits per heavy atom. The van der Waals surface area contributed by atoms with Gasteiger partial charge in [0, 0.05) is 24.0 Å². The normalized spacial score (nSPS) is 15.7. The summed E-state index contributed by atoms with van der Waals surface area (Å²) in [5.41, 5.74) is 3.53. The van der Waals surface area contributed by atoms with E-state index in [-0.39, 0.29) is 0 Å². The van der Waals surface area contributed by atoms with Crippen LogP contribution in [0.5, 0.6) is 5.75 Å². The zero-order valence-electron chi connectivity index (χ0n) is 22.8. The van der Waals surface area contributed by atoms with E-state index in [1.165, 1.54) is 0 Å². The van der Waals surface area contributed by atoms with Crippen molar-refractivity contribution >= 4 is 17.2 Å². The Labute approximate surface area is 226 Å². The van der Waals surface area contributed by atoms with E-state index in [2.05, 4.69) is 41.7 Å². The number of aromatic nitrogens is 2. The van der Waals surface area contributed by atoms with Crippen LogP contribution < -0.4 is 10.1 Å². The van der Waals surface area contributed by atoms with Gasteiger partial charge in [-0.05, 0) is 61.5 Å². The zero-order valence-corrected chi connectivity index (χ0v) is 22.8. The van der Waals surface area contributed by atoms with Crippen molar-refractivity contribution in [2.75, 3.05) is 58.5 Å². The molecule has 8 nitrogen and oxygen atoms in total. The highest BCUT2D eigenvalue weighted by atomic mass is 16.5. The van der Waals surface area contributed by atoms with E-state index in [1.807, 2.05) is 48.6 Å². The highest BCUT2D eigenvalue weighted by Gasteiger charge is 2.10. The Hall–Kier alpha value is -3.46. The monoisotopic (exact) mass is 520 g/mol. The number of nitrogens with one attached hydrogen (secondary N) is 1. The molecule has 0 atom stereocenters. The Morgan fingerprint density at radius 2 is 1.97 bits per heavy atom. The van der Waals surface area contributed by atoms with Crippen molar-refractivity contribution in [2.45, 2.75) is 26.9 Å². The maximum atomic E-state index is 6.15. The van der Waals surface area contributed by atoms with Gasteiger partial charge in [0.15, 0.2) is 0 Å². The first-order valence-corrected chi connectivity index (χ1v) is 13.1. The molecular formula is C30H40N4O4. The van der Waals surface area contributed by atoms with Gasteiger partial charge in [0.25, 0.3) is 0 Å². The molecule has 8 heteroatoms. The minimum atomic E-state index is 0.420. The van der Waals surface area contributed by atoms with Gasteiger partial charge in [-0.15, -0.1) is 0 Å². The first kappa shape index (κ1) is 29.1. The van der Waals surface area contributed by atoms with Crippen LogP contribution in [0.2, 0.25) is 0 Å². The summed E-state index contributed by atoms with van der Waals surface area (Å²) < 4.78 is 23.0. The third-order valence-electron chi connectivity index (χ3n) is 6.02. The van der Waals surface area contributed by atoms with E-state index in [9.17, 15) is 0 Å². The van der Waals surface area contributed by atoms with Gasteiger partial charge in [-0.3, -0.25) is 0 Å². The van der Waals surface area contributed by atoms with Crippen molar-refractivity contribution in [1.29, 1.82) is 0 Å². The molecule has 0 saturated carbocycles. The number of hydrogen-bond donors (Lipinski definition) is 1. The smallest absolute Gasteiger partial charge is 0.227 e. The molecule has 1 aliphatic rings. The Bertz CT molecular complexity index is 1110. The van der Waals surface area contributed by atoms with Crippen molar-refractivity contribution in [2.24, 2.45) is 0 Å². The fourth-order valence-corrected chi connectivity index (χ4v) is 3.78. The molecule has 1 aromatic carbocycles. The van der Waals surface area contributed by atoms with Crippen molar-refractivity contribution in [3.8, 4) is 5.75 Å². The van der Waals surface area contributed by atoms with Gasteiger partial charge in [-0.1, -0.05) is 38.7 Å². The van der Waals surface area contributed by atoms with Gasteiger partial charge >= 0.3 is 0 Å². The molecule has 1 N–H and O–H groups in total. The average Bonchev–Trinajstić information content (AvgIpc) is 2.94. The molecule has 0 aliphatic carbocycles. The molecule has 2 aromatic rings. The second-order valence-corrected chi connectivity index (χ2v) is 8.60. The van der Waals surface area contributed by atoms with Crippen molar-refractivity contribution in [3.05, 3.63) is 84.4 Å². The van der Waals surface area contributed by atoms with E-state index < -0.39 is 0 Å². The van der Waals surface area contributed by atoms with Crippen LogP contribution in [0.3, 0.4) is 0 Å². The molecule has 204 valence electrons. The number of likely N-dealkylation sites (N-methyl/N-ethyl adjacent to an activating group) is 1. The summed E-state index contributed by atoms with van der Waals surface area (Å²) in [5.74, 6) is 1.87. The van der Waals surface area contributed by atoms with Crippen LogP contribution in [0.1, 0.15) is 31.5 Å². The van der Waals surface area contributed by atoms with Gasteiger partial charge in [-0.25, -0.2) is 9.97 Å². The molecule has 38 heavy (non-hydrogen) atoms. The SMILES string of the molecule is C=C(/C=C\C1=CCCOC/C=C/COCc2cc(ccc2OCCN(CC)CC)Nc2nccc1n2)OC. The Kier molecular flexibility index (Phi) is 12.6. The molecule has 3 rings (SSSR count). The van der Waals surface area contributed by atoms with Crippen LogP contribution in [-0.4, -0.2) is 68.0 Å². The third kappa shape index (κ3) is 9.78. The number of methoxy groups -OCH3 is 1. The van der Waals surface area contributed by atoms with Crippen LogP contribution in [-0.2, 0) is 20.8 Å². The molecule has 0 radical (unpaired) electrons. The molecule has 2 heterocycles. The molecular weight excluding hydrogens is 480 g/mol. The second-order valence-electron chi connectivity index (χ2n) is 8.60. The molecule has 1 aromatic heterocycles. The van der Waals surface area contributed by atoms with Crippen LogP contribution in [0.15, 0.2) is 73.2 Å². The summed E-state index contributed by atoms with van der Waals surface area (Å²) in [5, 5.41) is 3.33. The number of hydrogen-bond acceptors (Lipinski definition) is 8. The summed E-state index contributed by atoms with van der Waals surface area (Å²) in [6, 6.07) is 7.85. The number of fused-ring (bicyclic) bond motifs is 4. The molecule has 0 fully saturated rings. The van der Waals surface area contributed by atoms with E-state index in [0.29, 0.717) is 44.7 Å². The maximum Gasteiger partial charge on any atom is 0.227 e. The van der Waals surface area contributed by atoms with Crippen LogP contribution in [0.4, 0.5) is 11.6 Å². The largest absolute Gasteiger partial charge is 0.497 e. The lowest BCUT2D eigenvalue weighted by Gasteiger charge is -2.19. The number of ether oxygens (including phenoxy) is 4. The van der Waals surface area contributed by atoms with E-state index in [4.69, 9.17) is 23.9 Å². The van der Waals surface area contributed by atoms with E-state index >= 15 is 0 Å². The Morgan fingerprint density at radius 1 is 1.16 bits per heavy atom. The highest BCUT2D eigenvalue weighted by Crippen LogP contribution is 2.26. The number of rotatable bonds is 9. The summed E-state index contributed by atoms with van der Waals surface area (Å²) >= 11 is 0. The van der Waals surface area contributed by atoms with Gasteiger partial charge in [-0.2, -0.15) is 0 Å². The lowest BCUT2D eigenvalue weighted by molar-refractivity contribution is 0.141. The highest BCUT2D eigenvalue weighted by molar-refractivity contribution is 5.73. The fraction of sp³-hybridized carbons (Fsp3) is 0.400.